The number of hydrogen-bond donors (Lipinski definition) is 0. The van der Waals surface area contributed by atoms with Crippen molar-refractivity contribution >= 4 is 5.91 Å². The molecule has 1 amide bonds. The third-order valence-electron chi connectivity index (χ3n) is 5.39. The maximum atomic E-state index is 13.0. The second kappa shape index (κ2) is 7.33. The number of amides is 1. The van der Waals surface area contributed by atoms with E-state index in [1.807, 2.05) is 17.0 Å². The van der Waals surface area contributed by atoms with Crippen molar-refractivity contribution in [3.8, 4) is 11.4 Å². The molecule has 2 aromatic heterocycles. The number of aromatic nitrogens is 3. The molecule has 2 aromatic rings. The Morgan fingerprint density at radius 2 is 1.96 bits per heavy atom. The molecule has 0 aromatic carbocycles. The molecule has 2 fully saturated rings. The first-order chi connectivity index (χ1) is 12.3. The Balaban J connectivity index is 1.59. The molecule has 132 valence electrons. The molecule has 25 heavy (non-hydrogen) atoms. The largest absolute Gasteiger partial charge is 0.337 e. The zero-order valence-corrected chi connectivity index (χ0v) is 14.4. The minimum Gasteiger partial charge on any atom is -0.337 e. The van der Waals surface area contributed by atoms with Crippen molar-refractivity contribution in [1.29, 1.82) is 0 Å². The van der Waals surface area contributed by atoms with Crippen molar-refractivity contribution in [2.75, 3.05) is 6.54 Å². The van der Waals surface area contributed by atoms with E-state index >= 15 is 0 Å². The van der Waals surface area contributed by atoms with Gasteiger partial charge in [0, 0.05) is 30.4 Å². The highest BCUT2D eigenvalue weighted by Crippen LogP contribution is 2.34. The monoisotopic (exact) mass is 340 g/mol. The van der Waals surface area contributed by atoms with Crippen molar-refractivity contribution in [1.82, 2.24) is 20.0 Å². The second-order valence-corrected chi connectivity index (χ2v) is 7.08. The number of hydrogen-bond acceptors (Lipinski definition) is 5. The Morgan fingerprint density at radius 1 is 1.12 bits per heavy atom. The normalized spacial score (nSPS) is 22.1. The Hall–Kier alpha value is -2.24. The molecule has 0 N–H and O–H groups in total. The molecular formula is C19H24N4O2. The third kappa shape index (κ3) is 3.43. The summed E-state index contributed by atoms with van der Waals surface area (Å²) in [6.07, 6.45) is 12.0. The van der Waals surface area contributed by atoms with Crippen LogP contribution in [0.5, 0.6) is 0 Å². The first-order valence-electron chi connectivity index (χ1n) is 9.37. The van der Waals surface area contributed by atoms with E-state index in [9.17, 15) is 4.79 Å². The van der Waals surface area contributed by atoms with E-state index in [2.05, 4.69) is 15.1 Å². The lowest BCUT2D eigenvalue weighted by Gasteiger charge is -2.29. The van der Waals surface area contributed by atoms with Gasteiger partial charge in [-0.3, -0.25) is 9.78 Å². The molecule has 0 spiro atoms. The molecule has 2 aliphatic rings. The van der Waals surface area contributed by atoms with Crippen molar-refractivity contribution in [3.05, 3.63) is 30.4 Å². The fourth-order valence-corrected chi connectivity index (χ4v) is 4.02. The quantitative estimate of drug-likeness (QED) is 0.850. The third-order valence-corrected chi connectivity index (χ3v) is 5.39. The van der Waals surface area contributed by atoms with E-state index in [1.165, 1.54) is 12.8 Å². The van der Waals surface area contributed by atoms with Crippen LogP contribution in [0.25, 0.3) is 11.4 Å². The molecule has 1 saturated heterocycles. The second-order valence-electron chi connectivity index (χ2n) is 7.08. The minimum atomic E-state index is -0.0893. The van der Waals surface area contributed by atoms with Gasteiger partial charge in [-0.25, -0.2) is 0 Å². The number of likely N-dealkylation sites (tertiary alicyclic amines) is 1. The van der Waals surface area contributed by atoms with Gasteiger partial charge in [0.25, 0.3) is 0 Å². The van der Waals surface area contributed by atoms with E-state index in [0.29, 0.717) is 11.7 Å². The van der Waals surface area contributed by atoms with Gasteiger partial charge in [-0.1, -0.05) is 30.8 Å². The van der Waals surface area contributed by atoms with E-state index in [1.54, 1.807) is 12.4 Å². The van der Waals surface area contributed by atoms with Crippen LogP contribution in [0.3, 0.4) is 0 Å². The summed E-state index contributed by atoms with van der Waals surface area (Å²) in [6, 6.07) is 3.68. The lowest BCUT2D eigenvalue weighted by atomic mass is 10.0. The molecule has 0 bridgehead atoms. The van der Waals surface area contributed by atoms with Crippen molar-refractivity contribution in [2.24, 2.45) is 5.92 Å². The van der Waals surface area contributed by atoms with Crippen molar-refractivity contribution < 1.29 is 9.32 Å². The van der Waals surface area contributed by atoms with Crippen LogP contribution in [0.1, 0.15) is 63.3 Å². The number of pyridine rings is 1. The molecule has 3 heterocycles. The predicted octanol–water partition coefficient (Wildman–Crippen LogP) is 3.77. The number of nitrogens with zero attached hydrogens (tertiary/aromatic N) is 4. The van der Waals surface area contributed by atoms with Gasteiger partial charge in [0.1, 0.15) is 6.04 Å². The Labute approximate surface area is 147 Å². The van der Waals surface area contributed by atoms with Crippen LogP contribution in [-0.4, -0.2) is 32.5 Å². The molecule has 0 radical (unpaired) electrons. The number of carbonyl (C=O) groups excluding carboxylic acids is 1. The highest BCUT2D eigenvalue weighted by Gasteiger charge is 2.35. The van der Waals surface area contributed by atoms with Crippen LogP contribution >= 0.6 is 0 Å². The summed E-state index contributed by atoms with van der Waals surface area (Å²) in [5, 5.41) is 4.12. The van der Waals surface area contributed by atoms with Gasteiger partial charge in [-0.2, -0.15) is 4.98 Å². The summed E-state index contributed by atoms with van der Waals surface area (Å²) in [5.74, 6) is 1.57. The maximum Gasteiger partial charge on any atom is 0.249 e. The van der Waals surface area contributed by atoms with Gasteiger partial charge >= 0.3 is 0 Å². The van der Waals surface area contributed by atoms with Crippen LogP contribution in [-0.2, 0) is 4.79 Å². The summed E-state index contributed by atoms with van der Waals surface area (Å²) >= 11 is 0. The molecule has 1 atom stereocenters. The number of carbonyl (C=O) groups is 1. The molecule has 4 rings (SSSR count). The molecule has 1 unspecified atom stereocenters. The average Bonchev–Trinajstić information content (AvgIpc) is 3.30. The van der Waals surface area contributed by atoms with Crippen LogP contribution in [0.4, 0.5) is 0 Å². The van der Waals surface area contributed by atoms with Crippen LogP contribution < -0.4 is 0 Å². The molecular weight excluding hydrogens is 316 g/mol. The van der Waals surface area contributed by atoms with Crippen LogP contribution in [0.2, 0.25) is 0 Å². The minimum absolute atomic E-state index is 0.0893. The predicted molar refractivity (Wildman–Crippen MR) is 92.4 cm³/mol. The SMILES string of the molecule is O=C(C1CCCC1)N1CCCCCC1c1nc(-c2cccnc2)no1. The van der Waals surface area contributed by atoms with E-state index < -0.39 is 0 Å². The molecule has 6 heteroatoms. The standard InChI is InChI=1S/C19H24N4O2/c24-19(14-7-3-4-8-14)23-12-5-1-2-10-16(23)18-21-17(22-25-18)15-9-6-11-20-13-15/h6,9,11,13-14,16H,1-5,7-8,10,12H2. The molecule has 1 saturated carbocycles. The lowest BCUT2D eigenvalue weighted by molar-refractivity contribution is -0.138. The van der Waals surface area contributed by atoms with Crippen molar-refractivity contribution in [3.63, 3.8) is 0 Å². The fourth-order valence-electron chi connectivity index (χ4n) is 4.02. The van der Waals surface area contributed by atoms with Gasteiger partial charge < -0.3 is 9.42 Å². The van der Waals surface area contributed by atoms with Gasteiger partial charge in [0.05, 0.1) is 0 Å². The zero-order valence-electron chi connectivity index (χ0n) is 14.4. The summed E-state index contributed by atoms with van der Waals surface area (Å²) in [6.45, 7) is 0.796. The molecule has 6 nitrogen and oxygen atoms in total. The Bertz CT molecular complexity index is 709. The van der Waals surface area contributed by atoms with Gasteiger partial charge in [-0.15, -0.1) is 0 Å². The highest BCUT2D eigenvalue weighted by atomic mass is 16.5. The van der Waals surface area contributed by atoms with Gasteiger partial charge in [-0.05, 0) is 37.8 Å². The summed E-state index contributed by atoms with van der Waals surface area (Å²) in [7, 11) is 0. The lowest BCUT2D eigenvalue weighted by Crippen LogP contribution is -2.38. The summed E-state index contributed by atoms with van der Waals surface area (Å²) < 4.78 is 5.57. The topological polar surface area (TPSA) is 72.1 Å². The van der Waals surface area contributed by atoms with Crippen molar-refractivity contribution in [2.45, 2.75) is 57.4 Å². The Kier molecular flexibility index (Phi) is 4.76. The maximum absolute atomic E-state index is 13.0. The van der Waals surface area contributed by atoms with Gasteiger partial charge in [0.2, 0.25) is 17.6 Å². The summed E-state index contributed by atoms with van der Waals surface area (Å²) in [4.78, 5) is 23.8. The van der Waals surface area contributed by atoms with E-state index in [0.717, 1.165) is 50.6 Å². The molecule has 1 aliphatic heterocycles. The highest BCUT2D eigenvalue weighted by molar-refractivity contribution is 5.79. The average molecular weight is 340 g/mol. The fraction of sp³-hybridized carbons (Fsp3) is 0.579. The Morgan fingerprint density at radius 3 is 2.76 bits per heavy atom. The van der Waals surface area contributed by atoms with Gasteiger partial charge in [0.15, 0.2) is 0 Å². The van der Waals surface area contributed by atoms with Crippen LogP contribution in [0.15, 0.2) is 29.0 Å². The number of rotatable bonds is 3. The molecule has 1 aliphatic carbocycles. The van der Waals surface area contributed by atoms with Crippen LogP contribution in [0, 0.1) is 5.92 Å². The zero-order chi connectivity index (χ0) is 17.1. The summed E-state index contributed by atoms with van der Waals surface area (Å²) in [5.41, 5.74) is 0.833. The van der Waals surface area contributed by atoms with E-state index in [-0.39, 0.29) is 17.9 Å². The first-order valence-corrected chi connectivity index (χ1v) is 9.37. The van der Waals surface area contributed by atoms with E-state index in [4.69, 9.17) is 4.52 Å². The first kappa shape index (κ1) is 16.2. The smallest absolute Gasteiger partial charge is 0.249 e.